The summed E-state index contributed by atoms with van der Waals surface area (Å²) in [6, 6.07) is 7.33. The molecule has 1 aromatic heterocycles. The van der Waals surface area contributed by atoms with E-state index in [1.165, 1.54) is 16.8 Å². The molecule has 1 heterocycles. The van der Waals surface area contributed by atoms with E-state index in [1.807, 2.05) is 0 Å². The molecule has 0 atom stereocenters. The molecule has 1 aromatic carbocycles. The summed E-state index contributed by atoms with van der Waals surface area (Å²) < 4.78 is 14.3. The second-order valence-electron chi connectivity index (χ2n) is 4.73. The summed E-state index contributed by atoms with van der Waals surface area (Å²) in [5.41, 5.74) is 0.907. The van der Waals surface area contributed by atoms with Gasteiger partial charge in [-0.05, 0) is 43.2 Å². The van der Waals surface area contributed by atoms with Crippen LogP contribution in [0.25, 0.3) is 5.69 Å². The molecule has 0 aliphatic heterocycles. The summed E-state index contributed by atoms with van der Waals surface area (Å²) in [6.07, 6.45) is 2.82. The molecule has 1 amide bonds. The summed E-state index contributed by atoms with van der Waals surface area (Å²) in [6.45, 7) is 0.398. The van der Waals surface area contributed by atoms with Crippen LogP contribution in [0.2, 0.25) is 0 Å². The van der Waals surface area contributed by atoms with Gasteiger partial charge in [0.2, 0.25) is 0 Å². The number of aromatic nitrogens is 2. The number of aliphatic carboxylic acids is 1. The Balaban J connectivity index is 1.86. The molecule has 0 aliphatic rings. The molecule has 116 valence electrons. The number of benzene rings is 1. The lowest BCUT2D eigenvalue weighted by atomic mass is 10.2. The highest BCUT2D eigenvalue weighted by molar-refractivity contribution is 5.92. The number of carbonyl (C=O) groups excluding carboxylic acids is 1. The average Bonchev–Trinajstić information content (AvgIpc) is 2.97. The van der Waals surface area contributed by atoms with E-state index in [0.29, 0.717) is 25.1 Å². The van der Waals surface area contributed by atoms with Gasteiger partial charge in [0, 0.05) is 19.2 Å². The van der Waals surface area contributed by atoms with Crippen molar-refractivity contribution in [2.75, 3.05) is 6.54 Å². The Morgan fingerprint density at radius 2 is 1.91 bits per heavy atom. The number of unbranched alkanes of at least 4 members (excludes halogenated alkanes) is 1. The SMILES string of the molecule is O=C(O)CCCCNC(=O)c1ccn(-c2ccc(F)cc2)n1. The molecule has 0 unspecified atom stereocenters. The molecule has 22 heavy (non-hydrogen) atoms. The first-order chi connectivity index (χ1) is 10.6. The van der Waals surface area contributed by atoms with E-state index < -0.39 is 5.97 Å². The van der Waals surface area contributed by atoms with Crippen LogP contribution in [-0.2, 0) is 4.79 Å². The van der Waals surface area contributed by atoms with Crippen LogP contribution in [0.3, 0.4) is 0 Å². The Morgan fingerprint density at radius 3 is 2.59 bits per heavy atom. The van der Waals surface area contributed by atoms with Crippen molar-refractivity contribution in [1.29, 1.82) is 0 Å². The fourth-order valence-electron chi connectivity index (χ4n) is 1.88. The van der Waals surface area contributed by atoms with Gasteiger partial charge < -0.3 is 10.4 Å². The van der Waals surface area contributed by atoms with Gasteiger partial charge in [-0.15, -0.1) is 0 Å². The Bertz CT molecular complexity index is 652. The molecule has 2 aromatic rings. The van der Waals surface area contributed by atoms with Crippen LogP contribution in [0.4, 0.5) is 4.39 Å². The van der Waals surface area contributed by atoms with E-state index in [4.69, 9.17) is 5.11 Å². The molecule has 2 rings (SSSR count). The normalized spacial score (nSPS) is 10.4. The fourth-order valence-corrected chi connectivity index (χ4v) is 1.88. The maximum Gasteiger partial charge on any atom is 0.303 e. The van der Waals surface area contributed by atoms with Crippen molar-refractivity contribution in [3.8, 4) is 5.69 Å². The predicted molar refractivity (Wildman–Crippen MR) is 77.3 cm³/mol. The maximum absolute atomic E-state index is 12.9. The van der Waals surface area contributed by atoms with Crippen molar-refractivity contribution in [2.45, 2.75) is 19.3 Å². The van der Waals surface area contributed by atoms with E-state index >= 15 is 0 Å². The first-order valence-corrected chi connectivity index (χ1v) is 6.88. The lowest BCUT2D eigenvalue weighted by Gasteiger charge is -2.03. The Labute approximate surface area is 126 Å². The Morgan fingerprint density at radius 1 is 1.18 bits per heavy atom. The zero-order valence-corrected chi connectivity index (χ0v) is 11.8. The van der Waals surface area contributed by atoms with Crippen LogP contribution in [0.15, 0.2) is 36.5 Å². The maximum atomic E-state index is 12.9. The number of hydrogen-bond acceptors (Lipinski definition) is 3. The molecule has 0 bridgehead atoms. The third-order valence-corrected chi connectivity index (χ3v) is 3.02. The largest absolute Gasteiger partial charge is 0.481 e. The fraction of sp³-hybridized carbons (Fsp3) is 0.267. The quantitative estimate of drug-likeness (QED) is 0.766. The van der Waals surface area contributed by atoms with E-state index in [0.717, 1.165) is 0 Å². The van der Waals surface area contributed by atoms with Gasteiger partial charge in [0.25, 0.3) is 5.91 Å². The summed E-state index contributed by atoms with van der Waals surface area (Å²) in [4.78, 5) is 22.2. The van der Waals surface area contributed by atoms with E-state index in [9.17, 15) is 14.0 Å². The van der Waals surface area contributed by atoms with Gasteiger partial charge in [0.15, 0.2) is 5.69 Å². The topological polar surface area (TPSA) is 84.2 Å². The second kappa shape index (κ2) is 7.35. The number of carbonyl (C=O) groups is 2. The van der Waals surface area contributed by atoms with Crippen LogP contribution in [0, 0.1) is 5.82 Å². The minimum atomic E-state index is -0.843. The molecule has 7 heteroatoms. The van der Waals surface area contributed by atoms with Crippen molar-refractivity contribution < 1.29 is 19.1 Å². The number of carboxylic acids is 1. The van der Waals surface area contributed by atoms with E-state index in [2.05, 4.69) is 10.4 Å². The molecule has 2 N–H and O–H groups in total. The van der Waals surface area contributed by atoms with E-state index in [1.54, 1.807) is 24.4 Å². The van der Waals surface area contributed by atoms with E-state index in [-0.39, 0.29) is 23.8 Å². The van der Waals surface area contributed by atoms with Crippen LogP contribution >= 0.6 is 0 Å². The summed E-state index contributed by atoms with van der Waals surface area (Å²) in [5, 5.41) is 15.3. The monoisotopic (exact) mass is 305 g/mol. The molecule has 6 nitrogen and oxygen atoms in total. The van der Waals surface area contributed by atoms with Gasteiger partial charge in [-0.25, -0.2) is 9.07 Å². The number of nitrogens with one attached hydrogen (secondary N) is 1. The number of amides is 1. The number of nitrogens with zero attached hydrogens (tertiary/aromatic N) is 2. The van der Waals surface area contributed by atoms with Gasteiger partial charge in [-0.1, -0.05) is 0 Å². The van der Waals surface area contributed by atoms with Crippen molar-refractivity contribution >= 4 is 11.9 Å². The molecule has 0 fully saturated rings. The molecule has 0 aliphatic carbocycles. The molecular weight excluding hydrogens is 289 g/mol. The van der Waals surface area contributed by atoms with Crippen molar-refractivity contribution in [1.82, 2.24) is 15.1 Å². The highest BCUT2D eigenvalue weighted by Crippen LogP contribution is 2.09. The van der Waals surface area contributed by atoms with Gasteiger partial charge in [0.1, 0.15) is 5.82 Å². The second-order valence-corrected chi connectivity index (χ2v) is 4.73. The lowest BCUT2D eigenvalue weighted by Crippen LogP contribution is -2.25. The molecule has 0 saturated carbocycles. The van der Waals surface area contributed by atoms with Crippen molar-refractivity contribution in [3.63, 3.8) is 0 Å². The molecule has 0 saturated heterocycles. The summed E-state index contributed by atoms with van der Waals surface area (Å²) >= 11 is 0. The average molecular weight is 305 g/mol. The number of halogens is 1. The van der Waals surface area contributed by atoms with Crippen molar-refractivity contribution in [3.05, 3.63) is 48.0 Å². The van der Waals surface area contributed by atoms with Crippen LogP contribution in [-0.4, -0.2) is 33.3 Å². The summed E-state index contributed by atoms with van der Waals surface area (Å²) in [7, 11) is 0. The first-order valence-electron chi connectivity index (χ1n) is 6.88. The van der Waals surface area contributed by atoms with Gasteiger partial charge in [-0.3, -0.25) is 9.59 Å². The Hall–Kier alpha value is -2.70. The molecule has 0 spiro atoms. The number of rotatable bonds is 7. The third kappa shape index (κ3) is 4.41. The van der Waals surface area contributed by atoms with Crippen molar-refractivity contribution in [2.24, 2.45) is 0 Å². The smallest absolute Gasteiger partial charge is 0.303 e. The highest BCUT2D eigenvalue weighted by atomic mass is 19.1. The summed E-state index contributed by atoms with van der Waals surface area (Å²) in [5.74, 6) is -1.50. The highest BCUT2D eigenvalue weighted by Gasteiger charge is 2.09. The molecular formula is C15H16FN3O3. The minimum Gasteiger partial charge on any atom is -0.481 e. The minimum absolute atomic E-state index is 0.0923. The van der Waals surface area contributed by atoms with Gasteiger partial charge in [-0.2, -0.15) is 5.10 Å². The predicted octanol–water partition coefficient (Wildman–Crippen LogP) is 2.00. The molecule has 0 radical (unpaired) electrons. The zero-order valence-electron chi connectivity index (χ0n) is 11.8. The standard InChI is InChI=1S/C15H16FN3O3/c16-11-4-6-12(7-5-11)19-10-8-13(18-19)15(22)17-9-2-1-3-14(20)21/h4-8,10H,1-3,9H2,(H,17,22)(H,20,21). The van der Waals surface area contributed by atoms with Gasteiger partial charge in [0.05, 0.1) is 5.69 Å². The van der Waals surface area contributed by atoms with Crippen LogP contribution < -0.4 is 5.32 Å². The third-order valence-electron chi connectivity index (χ3n) is 3.02. The number of hydrogen-bond donors (Lipinski definition) is 2. The van der Waals surface area contributed by atoms with Gasteiger partial charge >= 0.3 is 5.97 Å². The van der Waals surface area contributed by atoms with Crippen LogP contribution in [0.5, 0.6) is 0 Å². The lowest BCUT2D eigenvalue weighted by molar-refractivity contribution is -0.137. The Kier molecular flexibility index (Phi) is 5.24. The van der Waals surface area contributed by atoms with Crippen LogP contribution in [0.1, 0.15) is 29.8 Å². The first kappa shape index (κ1) is 15.7. The number of carboxylic acid groups (broad SMARTS) is 1. The zero-order chi connectivity index (χ0) is 15.9.